The quantitative estimate of drug-likeness (QED) is 0.476. The summed E-state index contributed by atoms with van der Waals surface area (Å²) in [7, 11) is 0. The first kappa shape index (κ1) is 17.8. The summed E-state index contributed by atoms with van der Waals surface area (Å²) < 4.78 is 10.5. The van der Waals surface area contributed by atoms with Crippen molar-refractivity contribution in [2.75, 3.05) is 13.2 Å². The molecule has 2 unspecified atom stereocenters. The molecule has 2 aromatic rings. The van der Waals surface area contributed by atoms with Crippen LogP contribution in [-0.4, -0.2) is 52.0 Å². The number of esters is 1. The van der Waals surface area contributed by atoms with Crippen LogP contribution in [0.5, 0.6) is 0 Å². The predicted octanol–water partition coefficient (Wildman–Crippen LogP) is 1.46. The van der Waals surface area contributed by atoms with E-state index in [1.54, 1.807) is 38.4 Å². The summed E-state index contributed by atoms with van der Waals surface area (Å²) in [4.78, 5) is 36.1. The third kappa shape index (κ3) is 3.50. The zero-order valence-electron chi connectivity index (χ0n) is 14.4. The highest BCUT2D eigenvalue weighted by molar-refractivity contribution is 6.27. The largest absolute Gasteiger partial charge is 0.465 e. The molecule has 136 valence electrons. The number of Topliss-reactive ketones (excluding diaryl/α,β-unsaturated/α-hetero) is 1. The van der Waals surface area contributed by atoms with E-state index in [4.69, 9.17) is 9.47 Å². The standard InChI is InChI=1S/C18H19N3O5/c1-3-25-18(24)14-15(23)13(26-17(14)21-8-10(2)22)7-11-9-20-16-12(11)5-4-6-19-16/h4-7,9-10,14,22H,3,8H2,1-2H3,(H,19,20)/b13-7-,21-17?. The lowest BCUT2D eigenvalue weighted by atomic mass is 10.0. The molecule has 8 heteroatoms. The SMILES string of the molecule is CCOC(=O)C1C(=O)/C(=C/c2c[nH]c3ncccc23)OC1=NCC(C)O. The number of H-pyrrole nitrogens is 1. The van der Waals surface area contributed by atoms with Crippen molar-refractivity contribution in [2.45, 2.75) is 20.0 Å². The van der Waals surface area contributed by atoms with E-state index in [0.717, 1.165) is 5.39 Å². The number of aliphatic hydroxyl groups excluding tert-OH is 1. The van der Waals surface area contributed by atoms with Gasteiger partial charge in [0.05, 0.1) is 19.3 Å². The Morgan fingerprint density at radius 1 is 1.58 bits per heavy atom. The van der Waals surface area contributed by atoms with Gasteiger partial charge < -0.3 is 19.6 Å². The fourth-order valence-electron chi connectivity index (χ4n) is 2.59. The van der Waals surface area contributed by atoms with E-state index in [1.165, 1.54) is 0 Å². The second-order valence-corrected chi connectivity index (χ2v) is 5.83. The van der Waals surface area contributed by atoms with Crippen LogP contribution in [0.15, 0.2) is 35.3 Å². The molecule has 2 aromatic heterocycles. The Bertz CT molecular complexity index is 897. The second kappa shape index (κ2) is 7.49. The number of rotatable bonds is 5. The third-order valence-corrected chi connectivity index (χ3v) is 3.77. The van der Waals surface area contributed by atoms with Crippen LogP contribution in [0, 0.1) is 5.92 Å². The number of aliphatic hydroxyl groups is 1. The molecule has 1 aliphatic heterocycles. The number of ketones is 1. The molecule has 3 heterocycles. The molecule has 0 aromatic carbocycles. The first-order chi connectivity index (χ1) is 12.5. The number of nitrogens with zero attached hydrogens (tertiary/aromatic N) is 2. The smallest absolute Gasteiger partial charge is 0.326 e. The van der Waals surface area contributed by atoms with Gasteiger partial charge in [0.15, 0.2) is 11.7 Å². The van der Waals surface area contributed by atoms with E-state index in [9.17, 15) is 14.7 Å². The summed E-state index contributed by atoms with van der Waals surface area (Å²) in [5.74, 6) is -2.55. The van der Waals surface area contributed by atoms with Gasteiger partial charge in [-0.15, -0.1) is 0 Å². The average Bonchev–Trinajstić information content (AvgIpc) is 3.15. The van der Waals surface area contributed by atoms with Crippen molar-refractivity contribution in [3.63, 3.8) is 0 Å². The number of hydrogen-bond acceptors (Lipinski definition) is 7. The fourth-order valence-corrected chi connectivity index (χ4v) is 2.59. The van der Waals surface area contributed by atoms with E-state index in [1.807, 2.05) is 6.07 Å². The van der Waals surface area contributed by atoms with Crippen molar-refractivity contribution in [3.05, 3.63) is 35.8 Å². The summed E-state index contributed by atoms with van der Waals surface area (Å²) in [5, 5.41) is 10.2. The molecule has 0 aliphatic carbocycles. The average molecular weight is 357 g/mol. The van der Waals surface area contributed by atoms with Crippen molar-refractivity contribution < 1.29 is 24.2 Å². The molecular formula is C18H19N3O5. The molecule has 0 amide bonds. The number of fused-ring (bicyclic) bond motifs is 1. The van der Waals surface area contributed by atoms with E-state index in [-0.39, 0.29) is 24.8 Å². The van der Waals surface area contributed by atoms with Crippen LogP contribution in [0.2, 0.25) is 0 Å². The van der Waals surface area contributed by atoms with Gasteiger partial charge in [-0.1, -0.05) is 0 Å². The third-order valence-electron chi connectivity index (χ3n) is 3.77. The molecular weight excluding hydrogens is 338 g/mol. The summed E-state index contributed by atoms with van der Waals surface area (Å²) in [5.41, 5.74) is 1.38. The first-order valence-electron chi connectivity index (χ1n) is 8.26. The van der Waals surface area contributed by atoms with E-state index < -0.39 is 23.8 Å². The highest BCUT2D eigenvalue weighted by Crippen LogP contribution is 2.27. The highest BCUT2D eigenvalue weighted by atomic mass is 16.5. The monoisotopic (exact) mass is 357 g/mol. The Hall–Kier alpha value is -3.00. The van der Waals surface area contributed by atoms with Gasteiger partial charge in [0, 0.05) is 23.3 Å². The molecule has 3 rings (SSSR count). The fraction of sp³-hybridized carbons (Fsp3) is 0.333. The van der Waals surface area contributed by atoms with E-state index in [0.29, 0.717) is 11.2 Å². The zero-order valence-corrected chi connectivity index (χ0v) is 14.4. The number of aromatic amines is 1. The number of allylic oxidation sites excluding steroid dienone is 1. The van der Waals surface area contributed by atoms with Gasteiger partial charge in [-0.25, -0.2) is 4.98 Å². The van der Waals surface area contributed by atoms with Crippen LogP contribution in [0.25, 0.3) is 17.1 Å². The minimum Gasteiger partial charge on any atom is -0.465 e. The Balaban J connectivity index is 1.96. The zero-order chi connectivity index (χ0) is 18.7. The molecule has 1 fully saturated rings. The van der Waals surface area contributed by atoms with Crippen LogP contribution in [0.3, 0.4) is 0 Å². The van der Waals surface area contributed by atoms with Crippen molar-refractivity contribution in [1.82, 2.24) is 9.97 Å². The van der Waals surface area contributed by atoms with E-state index in [2.05, 4.69) is 15.0 Å². The van der Waals surface area contributed by atoms with Gasteiger partial charge in [0.2, 0.25) is 11.7 Å². The Kier molecular flexibility index (Phi) is 5.13. The predicted molar refractivity (Wildman–Crippen MR) is 94.3 cm³/mol. The summed E-state index contributed by atoms with van der Waals surface area (Å²) in [6.07, 6.45) is 4.17. The topological polar surface area (TPSA) is 114 Å². The van der Waals surface area contributed by atoms with Gasteiger partial charge >= 0.3 is 5.97 Å². The maximum atomic E-state index is 12.7. The highest BCUT2D eigenvalue weighted by Gasteiger charge is 2.44. The van der Waals surface area contributed by atoms with Gasteiger partial charge in [-0.05, 0) is 32.1 Å². The summed E-state index contributed by atoms with van der Waals surface area (Å²) in [6, 6.07) is 3.64. The maximum Gasteiger partial charge on any atom is 0.326 e. The van der Waals surface area contributed by atoms with E-state index >= 15 is 0 Å². The number of carbonyl (C=O) groups excluding carboxylic acids is 2. The van der Waals surface area contributed by atoms with Crippen LogP contribution in [0.1, 0.15) is 19.4 Å². The molecule has 2 atom stereocenters. The Morgan fingerprint density at radius 3 is 3.12 bits per heavy atom. The molecule has 0 bridgehead atoms. The first-order valence-corrected chi connectivity index (χ1v) is 8.26. The number of ether oxygens (including phenoxy) is 2. The molecule has 2 N–H and O–H groups in total. The lowest BCUT2D eigenvalue weighted by molar-refractivity contribution is -0.147. The molecule has 1 aliphatic rings. The van der Waals surface area contributed by atoms with Crippen molar-refractivity contribution in [3.8, 4) is 0 Å². The normalized spacial score (nSPS) is 21.3. The van der Waals surface area contributed by atoms with Gasteiger partial charge in [0.1, 0.15) is 5.65 Å². The number of hydrogen-bond donors (Lipinski definition) is 2. The minimum atomic E-state index is -1.25. The van der Waals surface area contributed by atoms with Crippen LogP contribution in [-0.2, 0) is 19.1 Å². The van der Waals surface area contributed by atoms with Gasteiger partial charge in [-0.2, -0.15) is 0 Å². The minimum absolute atomic E-state index is 0.00264. The maximum absolute atomic E-state index is 12.7. The summed E-state index contributed by atoms with van der Waals surface area (Å²) in [6.45, 7) is 3.36. The second-order valence-electron chi connectivity index (χ2n) is 5.83. The molecule has 0 radical (unpaired) electrons. The van der Waals surface area contributed by atoms with Crippen LogP contribution >= 0.6 is 0 Å². The number of aliphatic imine (C=N–C) groups is 1. The molecule has 0 spiro atoms. The lowest BCUT2D eigenvalue weighted by Crippen LogP contribution is -2.28. The molecule has 0 saturated carbocycles. The van der Waals surface area contributed by atoms with Crippen LogP contribution in [0.4, 0.5) is 0 Å². The molecule has 1 saturated heterocycles. The lowest BCUT2D eigenvalue weighted by Gasteiger charge is -2.07. The number of carbonyl (C=O) groups is 2. The molecule has 8 nitrogen and oxygen atoms in total. The number of pyridine rings is 1. The van der Waals surface area contributed by atoms with Crippen LogP contribution < -0.4 is 0 Å². The van der Waals surface area contributed by atoms with Crippen molar-refractivity contribution in [1.29, 1.82) is 0 Å². The Labute approximate surface area is 149 Å². The van der Waals surface area contributed by atoms with Gasteiger partial charge in [0.25, 0.3) is 0 Å². The number of nitrogens with one attached hydrogen (secondary N) is 1. The number of aromatic nitrogens is 2. The van der Waals surface area contributed by atoms with Crippen molar-refractivity contribution >= 4 is 34.8 Å². The van der Waals surface area contributed by atoms with Crippen molar-refractivity contribution in [2.24, 2.45) is 10.9 Å². The molecule has 26 heavy (non-hydrogen) atoms. The Morgan fingerprint density at radius 2 is 2.38 bits per heavy atom. The summed E-state index contributed by atoms with van der Waals surface area (Å²) >= 11 is 0. The van der Waals surface area contributed by atoms with Gasteiger partial charge in [-0.3, -0.25) is 14.6 Å².